The molecular formula is C18H24N2O4. The van der Waals surface area contributed by atoms with Crippen LogP contribution in [0.25, 0.3) is 0 Å². The Morgan fingerprint density at radius 1 is 1.21 bits per heavy atom. The molecule has 130 valence electrons. The topological polar surface area (TPSA) is 70.1 Å². The number of methoxy groups -OCH3 is 1. The van der Waals surface area contributed by atoms with Crippen LogP contribution < -0.4 is 4.74 Å². The van der Waals surface area contributed by atoms with Crippen molar-refractivity contribution in [3.05, 3.63) is 29.8 Å². The lowest BCUT2D eigenvalue weighted by molar-refractivity contribution is -0.144. The summed E-state index contributed by atoms with van der Waals surface area (Å²) in [5.74, 6) is -0.559. The van der Waals surface area contributed by atoms with E-state index in [1.165, 1.54) is 17.7 Å². The maximum Gasteiger partial charge on any atom is 0.326 e. The van der Waals surface area contributed by atoms with Gasteiger partial charge in [0.1, 0.15) is 11.8 Å². The molecule has 0 aliphatic carbocycles. The summed E-state index contributed by atoms with van der Waals surface area (Å²) >= 11 is 0. The molecule has 2 atom stereocenters. The lowest BCUT2D eigenvalue weighted by Gasteiger charge is -2.40. The molecule has 2 saturated heterocycles. The molecule has 6 nitrogen and oxygen atoms in total. The zero-order valence-electron chi connectivity index (χ0n) is 14.0. The largest absolute Gasteiger partial charge is 0.497 e. The van der Waals surface area contributed by atoms with Crippen LogP contribution in [0.15, 0.2) is 24.3 Å². The van der Waals surface area contributed by atoms with Gasteiger partial charge in [0.15, 0.2) is 0 Å². The Labute approximate surface area is 142 Å². The number of likely N-dealkylation sites (tertiary alicyclic amines) is 2. The van der Waals surface area contributed by atoms with Gasteiger partial charge in [-0.1, -0.05) is 6.07 Å². The number of carboxylic acid groups (broad SMARTS) is 1. The number of piperidine rings is 1. The van der Waals surface area contributed by atoms with Crippen LogP contribution in [0.4, 0.5) is 0 Å². The molecule has 2 aliphatic rings. The lowest BCUT2D eigenvalue weighted by Crippen LogP contribution is -2.54. The number of carboxylic acids is 1. The first kappa shape index (κ1) is 16.8. The predicted molar refractivity (Wildman–Crippen MR) is 89.3 cm³/mol. The van der Waals surface area contributed by atoms with Gasteiger partial charge in [-0.15, -0.1) is 0 Å². The summed E-state index contributed by atoms with van der Waals surface area (Å²) in [4.78, 5) is 28.4. The van der Waals surface area contributed by atoms with Gasteiger partial charge in [0.25, 0.3) is 5.91 Å². The molecule has 2 heterocycles. The molecule has 1 N–H and O–H groups in total. The highest BCUT2D eigenvalue weighted by Crippen LogP contribution is 2.27. The van der Waals surface area contributed by atoms with E-state index in [1.807, 2.05) is 0 Å². The fourth-order valence-electron chi connectivity index (χ4n) is 3.78. The van der Waals surface area contributed by atoms with Crippen LogP contribution in [0.1, 0.15) is 36.0 Å². The maximum atomic E-state index is 12.8. The van der Waals surface area contributed by atoms with Crippen LogP contribution in [0.3, 0.4) is 0 Å². The minimum absolute atomic E-state index is 0.235. The Hall–Kier alpha value is -2.08. The van der Waals surface area contributed by atoms with Gasteiger partial charge in [-0.05, 0) is 57.0 Å². The average molecular weight is 332 g/mol. The van der Waals surface area contributed by atoms with Crippen LogP contribution in [-0.2, 0) is 4.79 Å². The molecular weight excluding hydrogens is 308 g/mol. The monoisotopic (exact) mass is 332 g/mol. The molecule has 2 aliphatic heterocycles. The molecule has 3 rings (SSSR count). The van der Waals surface area contributed by atoms with Crippen molar-refractivity contribution < 1.29 is 19.4 Å². The van der Waals surface area contributed by atoms with E-state index in [4.69, 9.17) is 4.74 Å². The second-order valence-corrected chi connectivity index (χ2v) is 6.51. The molecule has 0 radical (unpaired) electrons. The van der Waals surface area contributed by atoms with Crippen molar-refractivity contribution in [1.29, 1.82) is 0 Å². The van der Waals surface area contributed by atoms with Crippen LogP contribution >= 0.6 is 0 Å². The van der Waals surface area contributed by atoms with Gasteiger partial charge in [-0.2, -0.15) is 0 Å². The number of ether oxygens (including phenoxy) is 1. The molecule has 0 aromatic heterocycles. The minimum Gasteiger partial charge on any atom is -0.497 e. The van der Waals surface area contributed by atoms with Crippen molar-refractivity contribution in [3.8, 4) is 5.75 Å². The molecule has 1 amide bonds. The summed E-state index contributed by atoms with van der Waals surface area (Å²) < 4.78 is 5.16. The van der Waals surface area contributed by atoms with E-state index in [1.54, 1.807) is 31.4 Å². The third kappa shape index (κ3) is 3.38. The fraction of sp³-hybridized carbons (Fsp3) is 0.556. The van der Waals surface area contributed by atoms with Crippen molar-refractivity contribution >= 4 is 11.9 Å². The van der Waals surface area contributed by atoms with E-state index in [0.717, 1.165) is 19.5 Å². The van der Waals surface area contributed by atoms with Crippen molar-refractivity contribution in [2.45, 2.75) is 37.8 Å². The number of carbonyl (C=O) groups is 2. The zero-order chi connectivity index (χ0) is 17.1. The van der Waals surface area contributed by atoms with Gasteiger partial charge in [0.2, 0.25) is 0 Å². The van der Waals surface area contributed by atoms with E-state index < -0.39 is 12.0 Å². The first-order chi connectivity index (χ1) is 11.6. The summed E-state index contributed by atoms with van der Waals surface area (Å²) in [5, 5.41) is 9.63. The molecule has 0 saturated carbocycles. The fourth-order valence-corrected chi connectivity index (χ4v) is 3.78. The van der Waals surface area contributed by atoms with Crippen molar-refractivity contribution in [1.82, 2.24) is 9.80 Å². The molecule has 1 aromatic rings. The van der Waals surface area contributed by atoms with Gasteiger partial charge in [0.05, 0.1) is 7.11 Å². The van der Waals surface area contributed by atoms with Gasteiger partial charge in [0, 0.05) is 18.2 Å². The summed E-state index contributed by atoms with van der Waals surface area (Å²) in [5.41, 5.74) is 0.472. The Morgan fingerprint density at radius 2 is 1.96 bits per heavy atom. The van der Waals surface area contributed by atoms with E-state index in [0.29, 0.717) is 24.3 Å². The number of nitrogens with zero attached hydrogens (tertiary/aromatic N) is 2. The summed E-state index contributed by atoms with van der Waals surface area (Å²) in [6.07, 6.45) is 3.70. The number of amides is 1. The van der Waals surface area contributed by atoms with Gasteiger partial charge >= 0.3 is 5.97 Å². The smallest absolute Gasteiger partial charge is 0.326 e. The highest BCUT2D eigenvalue weighted by atomic mass is 16.5. The highest BCUT2D eigenvalue weighted by molar-refractivity contribution is 5.97. The number of hydrogen-bond acceptors (Lipinski definition) is 4. The number of rotatable bonds is 4. The normalized spacial score (nSPS) is 24.8. The van der Waals surface area contributed by atoms with Crippen LogP contribution in [-0.4, -0.2) is 65.6 Å². The van der Waals surface area contributed by atoms with Gasteiger partial charge in [-0.25, -0.2) is 4.79 Å². The van der Waals surface area contributed by atoms with Crippen molar-refractivity contribution in [2.24, 2.45) is 0 Å². The van der Waals surface area contributed by atoms with Crippen LogP contribution in [0.2, 0.25) is 0 Å². The average Bonchev–Trinajstić information content (AvgIpc) is 3.15. The first-order valence-electron chi connectivity index (χ1n) is 8.52. The van der Waals surface area contributed by atoms with E-state index >= 15 is 0 Å². The number of benzene rings is 1. The standard InChI is InChI=1S/C18H24N2O4/c1-24-15-6-4-5-13(11-15)17(21)20-10-7-14(12-16(20)18(22)23)19-8-2-3-9-19/h4-6,11,14,16H,2-3,7-10,12H2,1H3,(H,22,23)/t14-,16+/m1/s1. The van der Waals surface area contributed by atoms with Crippen molar-refractivity contribution in [3.63, 3.8) is 0 Å². The van der Waals surface area contributed by atoms with Gasteiger partial charge < -0.3 is 19.6 Å². The molecule has 6 heteroatoms. The molecule has 1 aromatic carbocycles. The zero-order valence-corrected chi connectivity index (χ0v) is 14.0. The maximum absolute atomic E-state index is 12.8. The predicted octanol–water partition coefficient (Wildman–Crippen LogP) is 1.85. The van der Waals surface area contributed by atoms with E-state index in [9.17, 15) is 14.7 Å². The second-order valence-electron chi connectivity index (χ2n) is 6.51. The van der Waals surface area contributed by atoms with E-state index in [2.05, 4.69) is 4.90 Å². The Kier molecular flexibility index (Phi) is 5.04. The highest BCUT2D eigenvalue weighted by Gasteiger charge is 2.39. The molecule has 0 unspecified atom stereocenters. The van der Waals surface area contributed by atoms with Crippen molar-refractivity contribution in [2.75, 3.05) is 26.7 Å². The summed E-state index contributed by atoms with van der Waals surface area (Å²) in [6, 6.07) is 6.39. The number of hydrogen-bond donors (Lipinski definition) is 1. The van der Waals surface area contributed by atoms with Gasteiger partial charge in [-0.3, -0.25) is 4.79 Å². The molecule has 0 bridgehead atoms. The summed E-state index contributed by atoms with van der Waals surface area (Å²) in [6.45, 7) is 2.57. The third-order valence-corrected chi connectivity index (χ3v) is 5.09. The SMILES string of the molecule is COc1cccc(C(=O)N2CC[C@@H](N3CCCC3)C[C@H]2C(=O)O)c1. The number of carbonyl (C=O) groups excluding carboxylic acids is 1. The summed E-state index contributed by atoms with van der Waals surface area (Å²) in [7, 11) is 1.55. The molecule has 2 fully saturated rings. The van der Waals surface area contributed by atoms with E-state index in [-0.39, 0.29) is 11.9 Å². The quantitative estimate of drug-likeness (QED) is 0.911. The Bertz CT molecular complexity index is 613. The molecule has 24 heavy (non-hydrogen) atoms. The minimum atomic E-state index is -0.921. The number of aliphatic carboxylic acids is 1. The Morgan fingerprint density at radius 3 is 2.62 bits per heavy atom. The second kappa shape index (κ2) is 7.21. The third-order valence-electron chi connectivity index (χ3n) is 5.09. The molecule has 0 spiro atoms. The Balaban J connectivity index is 1.76. The van der Waals surface area contributed by atoms with Crippen LogP contribution in [0.5, 0.6) is 5.75 Å². The first-order valence-corrected chi connectivity index (χ1v) is 8.52. The lowest BCUT2D eigenvalue weighted by atomic mass is 9.95. The van der Waals surface area contributed by atoms with Crippen LogP contribution in [0, 0.1) is 0 Å².